The van der Waals surface area contributed by atoms with Crippen LogP contribution in [0.2, 0.25) is 0 Å². The van der Waals surface area contributed by atoms with E-state index in [1.165, 1.54) is 30.3 Å². The number of carbonyl (C=O) groups is 1. The minimum atomic E-state index is -4.47. The maximum absolute atomic E-state index is 13.1. The van der Waals surface area contributed by atoms with Gasteiger partial charge in [0.2, 0.25) is 10.0 Å². The van der Waals surface area contributed by atoms with Gasteiger partial charge in [0.05, 0.1) is 10.5 Å². The standard InChI is InChI=1S/C25H24F3NO5S/c1-16(2)23(24(30)31)29-35(32,33)21-13-9-18(10-14-21)17-7-11-20(12-8-17)34-15-19-5-3-4-6-22(19)25(26,27)28/h3-14,16,23,29H,15H2,1-2H3,(H,30,31)/t23-/m1/s1. The summed E-state index contributed by atoms with van der Waals surface area (Å²) in [5, 5.41) is 9.23. The fraction of sp³-hybridized carbons (Fsp3) is 0.240. The van der Waals surface area contributed by atoms with Gasteiger partial charge < -0.3 is 9.84 Å². The molecule has 0 aliphatic rings. The van der Waals surface area contributed by atoms with Gasteiger partial charge >= 0.3 is 12.1 Å². The van der Waals surface area contributed by atoms with Gasteiger partial charge in [-0.1, -0.05) is 56.3 Å². The maximum Gasteiger partial charge on any atom is 0.416 e. The zero-order valence-corrected chi connectivity index (χ0v) is 19.7. The number of ether oxygens (including phenoxy) is 1. The third-order valence-corrected chi connectivity index (χ3v) is 6.74. The molecule has 0 aliphatic carbocycles. The molecule has 2 N–H and O–H groups in total. The van der Waals surface area contributed by atoms with Crippen molar-refractivity contribution in [1.82, 2.24) is 4.72 Å². The highest BCUT2D eigenvalue weighted by molar-refractivity contribution is 7.89. The predicted octanol–water partition coefficient (Wildman–Crippen LogP) is 5.34. The van der Waals surface area contributed by atoms with Crippen LogP contribution in [0.1, 0.15) is 25.0 Å². The first-order chi connectivity index (χ1) is 16.4. The van der Waals surface area contributed by atoms with Gasteiger partial charge in [-0.15, -0.1) is 0 Å². The van der Waals surface area contributed by atoms with E-state index in [4.69, 9.17) is 4.74 Å². The van der Waals surface area contributed by atoms with Gasteiger partial charge in [0.25, 0.3) is 0 Å². The molecular weight excluding hydrogens is 483 g/mol. The van der Waals surface area contributed by atoms with Crippen molar-refractivity contribution in [2.75, 3.05) is 0 Å². The molecule has 35 heavy (non-hydrogen) atoms. The van der Waals surface area contributed by atoms with Crippen LogP contribution in [-0.2, 0) is 27.6 Å². The first-order valence-electron chi connectivity index (χ1n) is 10.6. The number of nitrogens with one attached hydrogen (secondary N) is 1. The SMILES string of the molecule is CC(C)[C@@H](NS(=O)(=O)c1ccc(-c2ccc(OCc3ccccc3C(F)(F)F)cc2)cc1)C(=O)O. The fourth-order valence-corrected chi connectivity index (χ4v) is 4.70. The molecule has 0 radical (unpaired) electrons. The monoisotopic (exact) mass is 507 g/mol. The summed E-state index contributed by atoms with van der Waals surface area (Å²) in [6.07, 6.45) is -4.47. The Morgan fingerprint density at radius 1 is 0.943 bits per heavy atom. The highest BCUT2D eigenvalue weighted by atomic mass is 32.2. The molecule has 0 aliphatic heterocycles. The van der Waals surface area contributed by atoms with Crippen molar-refractivity contribution in [3.8, 4) is 16.9 Å². The number of carboxylic acids is 1. The van der Waals surface area contributed by atoms with Crippen molar-refractivity contribution in [2.24, 2.45) is 5.92 Å². The molecule has 0 aromatic heterocycles. The van der Waals surface area contributed by atoms with Gasteiger partial charge in [0.1, 0.15) is 18.4 Å². The summed E-state index contributed by atoms with van der Waals surface area (Å²) in [6.45, 7) is 2.96. The Labute approximate surface area is 201 Å². The normalized spacial score (nSPS) is 13.0. The molecule has 0 spiro atoms. The second-order valence-corrected chi connectivity index (χ2v) is 9.89. The van der Waals surface area contributed by atoms with E-state index in [1.807, 2.05) is 0 Å². The van der Waals surface area contributed by atoms with Crippen molar-refractivity contribution < 1.29 is 36.2 Å². The van der Waals surface area contributed by atoms with Crippen LogP contribution < -0.4 is 9.46 Å². The Morgan fingerprint density at radius 2 is 1.49 bits per heavy atom. The molecule has 10 heteroatoms. The smallest absolute Gasteiger partial charge is 0.416 e. The minimum Gasteiger partial charge on any atom is -0.489 e. The molecule has 0 saturated carbocycles. The van der Waals surface area contributed by atoms with Crippen molar-refractivity contribution >= 4 is 16.0 Å². The molecule has 0 bridgehead atoms. The third kappa shape index (κ3) is 6.61. The summed E-state index contributed by atoms with van der Waals surface area (Å²) in [5.41, 5.74) is 0.702. The molecule has 0 fully saturated rings. The number of hydrogen-bond acceptors (Lipinski definition) is 4. The van der Waals surface area contributed by atoms with E-state index < -0.39 is 39.7 Å². The van der Waals surface area contributed by atoms with E-state index in [0.717, 1.165) is 11.6 Å². The lowest BCUT2D eigenvalue weighted by atomic mass is 10.1. The number of hydrogen-bond donors (Lipinski definition) is 2. The van der Waals surface area contributed by atoms with Gasteiger partial charge in [-0.2, -0.15) is 17.9 Å². The molecule has 0 heterocycles. The van der Waals surface area contributed by atoms with E-state index in [9.17, 15) is 31.5 Å². The van der Waals surface area contributed by atoms with Crippen LogP contribution in [0.4, 0.5) is 13.2 Å². The quantitative estimate of drug-likeness (QED) is 0.408. The summed E-state index contributed by atoms with van der Waals surface area (Å²) in [6, 6.07) is 16.5. The lowest BCUT2D eigenvalue weighted by Crippen LogP contribution is -2.44. The van der Waals surface area contributed by atoms with Crippen molar-refractivity contribution in [3.63, 3.8) is 0 Å². The molecule has 0 amide bonds. The minimum absolute atomic E-state index is 0.0251. The Hall–Kier alpha value is -3.37. The van der Waals surface area contributed by atoms with E-state index in [1.54, 1.807) is 50.2 Å². The second-order valence-electron chi connectivity index (χ2n) is 8.17. The van der Waals surface area contributed by atoms with Crippen LogP contribution in [0.5, 0.6) is 5.75 Å². The van der Waals surface area contributed by atoms with E-state index in [2.05, 4.69) is 4.72 Å². The fourth-order valence-electron chi connectivity index (χ4n) is 3.36. The van der Waals surface area contributed by atoms with Crippen LogP contribution in [0.3, 0.4) is 0 Å². The number of sulfonamides is 1. The summed E-state index contributed by atoms with van der Waals surface area (Å²) in [7, 11) is -4.03. The van der Waals surface area contributed by atoms with Gasteiger partial charge in [-0.25, -0.2) is 8.42 Å². The Morgan fingerprint density at radius 3 is 2.00 bits per heavy atom. The molecule has 0 saturated heterocycles. The Bertz CT molecular complexity index is 1270. The topological polar surface area (TPSA) is 92.7 Å². The Kier molecular flexibility index (Phi) is 7.86. The molecule has 3 aromatic carbocycles. The molecule has 186 valence electrons. The second kappa shape index (κ2) is 10.5. The molecule has 6 nitrogen and oxygen atoms in total. The largest absolute Gasteiger partial charge is 0.489 e. The lowest BCUT2D eigenvalue weighted by molar-refractivity contribution is -0.140. The van der Waals surface area contributed by atoms with Gasteiger partial charge in [-0.3, -0.25) is 4.79 Å². The van der Waals surface area contributed by atoms with Crippen LogP contribution in [0.25, 0.3) is 11.1 Å². The zero-order chi connectivity index (χ0) is 25.8. The van der Waals surface area contributed by atoms with E-state index in [-0.39, 0.29) is 17.1 Å². The van der Waals surface area contributed by atoms with Gasteiger partial charge in [0.15, 0.2) is 0 Å². The average Bonchev–Trinajstić information content (AvgIpc) is 2.81. The lowest BCUT2D eigenvalue weighted by Gasteiger charge is -2.18. The van der Waals surface area contributed by atoms with Crippen LogP contribution in [0, 0.1) is 5.92 Å². The van der Waals surface area contributed by atoms with Crippen LogP contribution in [-0.4, -0.2) is 25.5 Å². The summed E-state index contributed by atoms with van der Waals surface area (Å²) >= 11 is 0. The average molecular weight is 508 g/mol. The summed E-state index contributed by atoms with van der Waals surface area (Å²) in [5.74, 6) is -1.32. The highest BCUT2D eigenvalue weighted by Gasteiger charge is 2.33. The number of aliphatic carboxylic acids is 1. The highest BCUT2D eigenvalue weighted by Crippen LogP contribution is 2.32. The summed E-state index contributed by atoms with van der Waals surface area (Å²) in [4.78, 5) is 11.2. The van der Waals surface area contributed by atoms with E-state index >= 15 is 0 Å². The number of benzene rings is 3. The first kappa shape index (κ1) is 26.2. The third-order valence-electron chi connectivity index (χ3n) is 5.28. The number of halogens is 3. The first-order valence-corrected chi connectivity index (χ1v) is 12.1. The van der Waals surface area contributed by atoms with Crippen molar-refractivity contribution in [1.29, 1.82) is 0 Å². The van der Waals surface area contributed by atoms with Gasteiger partial charge in [-0.05, 0) is 47.4 Å². The predicted molar refractivity (Wildman–Crippen MR) is 124 cm³/mol. The molecule has 1 atom stereocenters. The maximum atomic E-state index is 13.1. The molecular formula is C25H24F3NO5S. The molecule has 3 aromatic rings. The zero-order valence-electron chi connectivity index (χ0n) is 18.9. The Balaban J connectivity index is 1.70. The number of carboxylic acid groups (broad SMARTS) is 1. The number of rotatable bonds is 9. The van der Waals surface area contributed by atoms with Crippen molar-refractivity contribution in [3.05, 3.63) is 83.9 Å². The van der Waals surface area contributed by atoms with Crippen LogP contribution >= 0.6 is 0 Å². The van der Waals surface area contributed by atoms with E-state index in [0.29, 0.717) is 11.3 Å². The van der Waals surface area contributed by atoms with Crippen molar-refractivity contribution in [2.45, 2.75) is 37.6 Å². The molecule has 0 unspecified atom stereocenters. The molecule has 3 rings (SSSR count). The van der Waals surface area contributed by atoms with Gasteiger partial charge in [0, 0.05) is 5.56 Å². The summed E-state index contributed by atoms with van der Waals surface area (Å²) < 4.78 is 72.2. The van der Waals surface area contributed by atoms with Crippen LogP contribution in [0.15, 0.2) is 77.7 Å². The number of alkyl halides is 3.